The number of rotatable bonds is 7. The largest absolute Gasteiger partial charge is 0.329 e. The Morgan fingerprint density at radius 3 is 2.82 bits per heavy atom. The lowest BCUT2D eigenvalue weighted by Gasteiger charge is -2.15. The van der Waals surface area contributed by atoms with Gasteiger partial charge < -0.3 is 5.73 Å². The minimum absolute atomic E-state index is 0.226. The van der Waals surface area contributed by atoms with Gasteiger partial charge in [0.2, 0.25) is 10.0 Å². The monoisotopic (exact) mass is 260 g/mol. The molecule has 0 radical (unpaired) electrons. The average molecular weight is 260 g/mol. The second kappa shape index (κ2) is 6.13. The van der Waals surface area contributed by atoms with Crippen molar-refractivity contribution < 1.29 is 8.42 Å². The summed E-state index contributed by atoms with van der Waals surface area (Å²) in [6, 6.07) is 0. The van der Waals surface area contributed by atoms with Crippen LogP contribution in [-0.4, -0.2) is 42.6 Å². The lowest BCUT2D eigenvalue weighted by molar-refractivity contribution is 0.459. The van der Waals surface area contributed by atoms with E-state index >= 15 is 0 Å². The Hall–Kier alpha value is -0.920. The third-order valence-corrected chi connectivity index (χ3v) is 4.31. The van der Waals surface area contributed by atoms with Crippen molar-refractivity contribution in [1.29, 1.82) is 0 Å². The molecule has 0 spiro atoms. The van der Waals surface area contributed by atoms with Gasteiger partial charge in [0, 0.05) is 26.3 Å². The number of hydrogen-bond donors (Lipinski definition) is 1. The topological polar surface area (TPSA) is 81.2 Å². The number of nitrogens with two attached hydrogens (primary N) is 1. The zero-order valence-electron chi connectivity index (χ0n) is 10.3. The van der Waals surface area contributed by atoms with Crippen molar-refractivity contribution >= 4 is 10.0 Å². The second-order valence-electron chi connectivity index (χ2n) is 3.91. The Labute approximate surface area is 102 Å². The summed E-state index contributed by atoms with van der Waals surface area (Å²) in [6.07, 6.45) is 4.71. The van der Waals surface area contributed by atoms with Crippen molar-refractivity contribution in [3.63, 3.8) is 0 Å². The Bertz CT molecular complexity index is 441. The summed E-state index contributed by atoms with van der Waals surface area (Å²) in [5, 5.41) is 3.97. The van der Waals surface area contributed by atoms with E-state index in [1.807, 2.05) is 6.92 Å². The van der Waals surface area contributed by atoms with Gasteiger partial charge in [0.1, 0.15) is 4.90 Å². The van der Waals surface area contributed by atoms with Crippen molar-refractivity contribution in [2.45, 2.75) is 31.2 Å². The highest BCUT2D eigenvalue weighted by Gasteiger charge is 2.21. The van der Waals surface area contributed by atoms with E-state index in [4.69, 9.17) is 5.73 Å². The van der Waals surface area contributed by atoms with Gasteiger partial charge in [0.25, 0.3) is 0 Å². The molecule has 98 valence electrons. The van der Waals surface area contributed by atoms with Crippen molar-refractivity contribution in [1.82, 2.24) is 14.1 Å². The van der Waals surface area contributed by atoms with E-state index < -0.39 is 10.0 Å². The summed E-state index contributed by atoms with van der Waals surface area (Å²) in [5.74, 6) is 0. The normalized spacial score (nSPS) is 12.2. The highest BCUT2D eigenvalue weighted by atomic mass is 32.2. The van der Waals surface area contributed by atoms with E-state index in [2.05, 4.69) is 5.10 Å². The van der Waals surface area contributed by atoms with Gasteiger partial charge in [0.05, 0.1) is 12.7 Å². The molecule has 1 aromatic heterocycles. The molecule has 0 aliphatic rings. The molecule has 2 N–H and O–H groups in total. The molecule has 7 heteroatoms. The Morgan fingerprint density at radius 2 is 2.24 bits per heavy atom. The molecule has 17 heavy (non-hydrogen) atoms. The maximum Gasteiger partial charge on any atom is 0.245 e. The van der Waals surface area contributed by atoms with Crippen LogP contribution in [0.4, 0.5) is 0 Å². The van der Waals surface area contributed by atoms with Crippen molar-refractivity contribution in [3.8, 4) is 0 Å². The maximum atomic E-state index is 12.1. The standard InChI is InChI=1S/C10H20N4O2S/c1-3-4-6-13(2)17(15,16)10-8-12-14(9-10)7-5-11/h8-9H,3-7,11H2,1-2H3. The first-order valence-corrected chi connectivity index (χ1v) is 7.15. The molecule has 6 nitrogen and oxygen atoms in total. The molecule has 0 atom stereocenters. The van der Waals surface area contributed by atoms with E-state index in [1.165, 1.54) is 16.7 Å². The van der Waals surface area contributed by atoms with Crippen LogP contribution in [0.3, 0.4) is 0 Å². The fraction of sp³-hybridized carbons (Fsp3) is 0.700. The molecule has 0 unspecified atom stereocenters. The predicted octanol–water partition coefficient (Wildman–Crippen LogP) is 0.262. The number of unbranched alkanes of at least 4 members (excludes halogenated alkanes) is 1. The summed E-state index contributed by atoms with van der Waals surface area (Å²) in [6.45, 7) is 3.52. The molecule has 0 amide bonds. The first-order valence-electron chi connectivity index (χ1n) is 5.71. The van der Waals surface area contributed by atoms with Crippen LogP contribution in [0.15, 0.2) is 17.3 Å². The maximum absolute atomic E-state index is 12.1. The van der Waals surface area contributed by atoms with Crippen LogP contribution in [0.25, 0.3) is 0 Å². The Morgan fingerprint density at radius 1 is 1.53 bits per heavy atom. The van der Waals surface area contributed by atoms with Crippen LogP contribution in [0.2, 0.25) is 0 Å². The van der Waals surface area contributed by atoms with Crippen molar-refractivity contribution in [2.75, 3.05) is 20.1 Å². The summed E-state index contributed by atoms with van der Waals surface area (Å²) in [4.78, 5) is 0.226. The third kappa shape index (κ3) is 3.52. The van der Waals surface area contributed by atoms with Crippen LogP contribution in [0.1, 0.15) is 19.8 Å². The van der Waals surface area contributed by atoms with E-state index in [9.17, 15) is 8.42 Å². The van der Waals surface area contributed by atoms with E-state index in [1.54, 1.807) is 11.7 Å². The third-order valence-electron chi connectivity index (χ3n) is 2.50. The zero-order valence-corrected chi connectivity index (χ0v) is 11.2. The second-order valence-corrected chi connectivity index (χ2v) is 5.95. The molecule has 0 aromatic carbocycles. The lowest BCUT2D eigenvalue weighted by atomic mass is 10.3. The Balaban J connectivity index is 2.81. The summed E-state index contributed by atoms with van der Waals surface area (Å²) >= 11 is 0. The highest BCUT2D eigenvalue weighted by molar-refractivity contribution is 7.89. The summed E-state index contributed by atoms with van der Waals surface area (Å²) in [7, 11) is -1.81. The number of sulfonamides is 1. The van der Waals surface area contributed by atoms with Crippen molar-refractivity contribution in [2.24, 2.45) is 5.73 Å². The smallest absolute Gasteiger partial charge is 0.245 e. The fourth-order valence-electron chi connectivity index (χ4n) is 1.41. The molecule has 1 heterocycles. The quantitative estimate of drug-likeness (QED) is 0.762. The minimum Gasteiger partial charge on any atom is -0.329 e. The molecular weight excluding hydrogens is 240 g/mol. The molecule has 1 aromatic rings. The summed E-state index contributed by atoms with van der Waals surface area (Å²) in [5.41, 5.74) is 5.38. The number of hydrogen-bond acceptors (Lipinski definition) is 4. The molecule has 0 fully saturated rings. The average Bonchev–Trinajstić information content (AvgIpc) is 2.75. The van der Waals surface area contributed by atoms with Gasteiger partial charge in [-0.3, -0.25) is 4.68 Å². The molecule has 0 bridgehead atoms. The Kier molecular flexibility index (Phi) is 5.10. The van der Waals surface area contributed by atoms with Gasteiger partial charge in [-0.05, 0) is 6.42 Å². The van der Waals surface area contributed by atoms with Crippen LogP contribution < -0.4 is 5.73 Å². The molecule has 0 aliphatic heterocycles. The highest BCUT2D eigenvalue weighted by Crippen LogP contribution is 2.13. The molecule has 0 aliphatic carbocycles. The number of aromatic nitrogens is 2. The summed E-state index contributed by atoms with van der Waals surface area (Å²) < 4.78 is 27.1. The van der Waals surface area contributed by atoms with Crippen LogP contribution in [0, 0.1) is 0 Å². The zero-order chi connectivity index (χ0) is 12.9. The van der Waals surface area contributed by atoms with Gasteiger partial charge in [-0.15, -0.1) is 0 Å². The van der Waals surface area contributed by atoms with E-state index in [0.717, 1.165) is 12.8 Å². The van der Waals surface area contributed by atoms with Crippen LogP contribution >= 0.6 is 0 Å². The molecular formula is C10H20N4O2S. The van der Waals surface area contributed by atoms with E-state index in [-0.39, 0.29) is 4.90 Å². The first-order chi connectivity index (χ1) is 8.02. The lowest BCUT2D eigenvalue weighted by Crippen LogP contribution is -2.27. The van der Waals surface area contributed by atoms with Gasteiger partial charge >= 0.3 is 0 Å². The predicted molar refractivity (Wildman–Crippen MR) is 66.0 cm³/mol. The van der Waals surface area contributed by atoms with Gasteiger partial charge in [-0.2, -0.15) is 5.10 Å². The van der Waals surface area contributed by atoms with E-state index in [0.29, 0.717) is 19.6 Å². The molecule has 0 saturated heterocycles. The molecule has 1 rings (SSSR count). The minimum atomic E-state index is -3.40. The SMILES string of the molecule is CCCCN(C)S(=O)(=O)c1cnn(CCN)c1. The van der Waals surface area contributed by atoms with Crippen LogP contribution in [-0.2, 0) is 16.6 Å². The number of nitrogens with zero attached hydrogens (tertiary/aromatic N) is 3. The van der Waals surface area contributed by atoms with Crippen LogP contribution in [0.5, 0.6) is 0 Å². The first kappa shape index (κ1) is 14.1. The van der Waals surface area contributed by atoms with Crippen molar-refractivity contribution in [3.05, 3.63) is 12.4 Å². The van der Waals surface area contributed by atoms with Gasteiger partial charge in [0.15, 0.2) is 0 Å². The van der Waals surface area contributed by atoms with Gasteiger partial charge in [-0.25, -0.2) is 12.7 Å². The fourth-order valence-corrected chi connectivity index (χ4v) is 2.58. The molecule has 0 saturated carbocycles. The van der Waals surface area contributed by atoms with Gasteiger partial charge in [-0.1, -0.05) is 13.3 Å².